The fourth-order valence-electron chi connectivity index (χ4n) is 2.76. The van der Waals surface area contributed by atoms with Crippen molar-refractivity contribution in [3.8, 4) is 0 Å². The van der Waals surface area contributed by atoms with Gasteiger partial charge in [-0.05, 0) is 30.6 Å². The van der Waals surface area contributed by atoms with Crippen LogP contribution in [0, 0.1) is 0 Å². The first kappa shape index (κ1) is 28.4. The number of aryl methyl sites for hydroxylation is 1. The summed E-state index contributed by atoms with van der Waals surface area (Å²) in [5.41, 5.74) is 0.726. The normalized spacial score (nSPS) is 10.4. The standard InChI is InChI=1S/C18H30O3S.CH2O3.Mg/c1-2-3-4-5-6-7-8-9-10-11-14-17-15-12-13-16-18(17)22(19,20)21;2-1(3)4;/h12-13,15-16H,2-11,14H2,1H3,(H,19,20,21);(H2,2,3,4);/q;;+2/p-2. The number of unbranched alkanes of at least 4 members (excludes halogenated alkanes) is 9. The average molecular weight is 411 g/mol. The molecule has 0 unspecified atom stereocenters. The Morgan fingerprint density at radius 1 is 0.889 bits per heavy atom. The predicted molar refractivity (Wildman–Crippen MR) is 103 cm³/mol. The minimum atomic E-state index is -4.10. The van der Waals surface area contributed by atoms with E-state index in [1.54, 1.807) is 12.1 Å². The van der Waals surface area contributed by atoms with Crippen LogP contribution in [0.15, 0.2) is 29.2 Å². The van der Waals surface area contributed by atoms with E-state index in [2.05, 4.69) is 6.92 Å². The van der Waals surface area contributed by atoms with Crippen molar-refractivity contribution in [3.63, 3.8) is 0 Å². The van der Waals surface area contributed by atoms with Gasteiger partial charge in [-0.2, -0.15) is 8.42 Å². The van der Waals surface area contributed by atoms with Gasteiger partial charge < -0.3 is 15.0 Å². The van der Waals surface area contributed by atoms with Crippen molar-refractivity contribution in [1.29, 1.82) is 0 Å². The van der Waals surface area contributed by atoms with E-state index in [0.717, 1.165) is 18.4 Å². The Morgan fingerprint density at radius 3 is 1.74 bits per heavy atom. The second kappa shape index (κ2) is 17.3. The summed E-state index contributed by atoms with van der Waals surface area (Å²) in [6.07, 6.45) is 11.0. The van der Waals surface area contributed by atoms with Crippen LogP contribution < -0.4 is 10.2 Å². The quantitative estimate of drug-likeness (QED) is 0.321. The van der Waals surface area contributed by atoms with Crippen molar-refractivity contribution in [3.05, 3.63) is 29.8 Å². The molecule has 0 fully saturated rings. The SMILES string of the molecule is CCCCCCCCCCCCc1ccccc1S(=O)(=O)O.O=C([O-])[O-].[Mg+2]. The van der Waals surface area contributed by atoms with Gasteiger partial charge in [0, 0.05) is 0 Å². The van der Waals surface area contributed by atoms with E-state index in [4.69, 9.17) is 15.0 Å². The van der Waals surface area contributed by atoms with Crippen LogP contribution in [0.4, 0.5) is 4.79 Å². The summed E-state index contributed by atoms with van der Waals surface area (Å²) in [5, 5.41) is 16.7. The maximum absolute atomic E-state index is 11.3. The average Bonchev–Trinajstić information content (AvgIpc) is 2.55. The molecule has 150 valence electrons. The third-order valence-electron chi connectivity index (χ3n) is 4.05. The van der Waals surface area contributed by atoms with E-state index in [1.807, 2.05) is 6.07 Å². The maximum Gasteiger partial charge on any atom is 2.00 e. The predicted octanol–water partition coefficient (Wildman–Crippen LogP) is 2.57. The number of carboxylic acid groups (broad SMARTS) is 2. The Balaban J connectivity index is 0. The monoisotopic (exact) mass is 410 g/mol. The van der Waals surface area contributed by atoms with Gasteiger partial charge in [0.1, 0.15) is 0 Å². The van der Waals surface area contributed by atoms with Gasteiger partial charge in [-0.3, -0.25) is 4.55 Å². The van der Waals surface area contributed by atoms with Gasteiger partial charge in [-0.1, -0.05) is 82.9 Å². The molecule has 0 aliphatic rings. The summed E-state index contributed by atoms with van der Waals surface area (Å²) < 4.78 is 31.8. The first-order valence-electron chi connectivity index (χ1n) is 9.22. The topological polar surface area (TPSA) is 118 Å². The number of carbonyl (C=O) groups is 1. The van der Waals surface area contributed by atoms with E-state index in [0.29, 0.717) is 6.42 Å². The van der Waals surface area contributed by atoms with Crippen LogP contribution in [-0.2, 0) is 16.5 Å². The molecule has 0 aliphatic carbocycles. The van der Waals surface area contributed by atoms with Crippen LogP contribution >= 0.6 is 0 Å². The molecule has 1 aromatic rings. The van der Waals surface area contributed by atoms with Gasteiger partial charge >= 0.3 is 23.1 Å². The smallest absolute Gasteiger partial charge is 0.652 e. The van der Waals surface area contributed by atoms with Crippen LogP contribution in [0.25, 0.3) is 0 Å². The Kier molecular flexibility index (Phi) is 18.2. The molecule has 0 spiro atoms. The van der Waals surface area contributed by atoms with Gasteiger partial charge in [0.2, 0.25) is 0 Å². The van der Waals surface area contributed by atoms with Crippen molar-refractivity contribution < 1.29 is 28.0 Å². The van der Waals surface area contributed by atoms with Crippen LogP contribution in [0.2, 0.25) is 0 Å². The summed E-state index contributed by atoms with van der Waals surface area (Å²) in [4.78, 5) is 8.39. The first-order chi connectivity index (χ1) is 12.3. The molecular formula is C19H30MgO6S. The fourth-order valence-corrected chi connectivity index (χ4v) is 3.52. The van der Waals surface area contributed by atoms with Gasteiger partial charge in [0.05, 0.1) is 4.90 Å². The molecule has 0 amide bonds. The zero-order chi connectivity index (χ0) is 19.8. The van der Waals surface area contributed by atoms with Gasteiger partial charge in [0.25, 0.3) is 10.1 Å². The van der Waals surface area contributed by atoms with Gasteiger partial charge in [0.15, 0.2) is 0 Å². The van der Waals surface area contributed by atoms with E-state index < -0.39 is 16.3 Å². The molecule has 0 radical (unpaired) electrons. The largest absolute Gasteiger partial charge is 2.00 e. The Bertz CT molecular complexity index is 600. The Morgan fingerprint density at radius 2 is 1.30 bits per heavy atom. The van der Waals surface area contributed by atoms with Crippen LogP contribution in [0.5, 0.6) is 0 Å². The molecule has 0 saturated carbocycles. The van der Waals surface area contributed by atoms with E-state index in [9.17, 15) is 13.0 Å². The summed E-state index contributed by atoms with van der Waals surface area (Å²) in [7, 11) is -4.10. The molecule has 0 aromatic heterocycles. The molecule has 0 bridgehead atoms. The molecule has 0 atom stereocenters. The Hall–Kier alpha value is -0.834. The summed E-state index contributed by atoms with van der Waals surface area (Å²) in [6.45, 7) is 2.24. The Labute approximate surface area is 179 Å². The summed E-state index contributed by atoms with van der Waals surface area (Å²) >= 11 is 0. The minimum Gasteiger partial charge on any atom is -0.652 e. The van der Waals surface area contributed by atoms with Crippen LogP contribution in [0.1, 0.15) is 76.7 Å². The zero-order valence-electron chi connectivity index (χ0n) is 16.2. The van der Waals surface area contributed by atoms with Crippen molar-refractivity contribution in [2.45, 2.75) is 82.4 Å². The fraction of sp³-hybridized carbons (Fsp3) is 0.632. The third-order valence-corrected chi connectivity index (χ3v) is 5.00. The molecule has 6 nitrogen and oxygen atoms in total. The molecule has 1 N–H and O–H groups in total. The van der Waals surface area contributed by atoms with Gasteiger partial charge in [-0.15, -0.1) is 0 Å². The summed E-state index contributed by atoms with van der Waals surface area (Å²) in [6, 6.07) is 6.73. The zero-order valence-corrected chi connectivity index (χ0v) is 18.4. The molecule has 0 heterocycles. The number of rotatable bonds is 12. The van der Waals surface area contributed by atoms with E-state index >= 15 is 0 Å². The number of hydrogen-bond acceptors (Lipinski definition) is 5. The van der Waals surface area contributed by atoms with Crippen LogP contribution in [0.3, 0.4) is 0 Å². The maximum atomic E-state index is 11.3. The first-order valence-corrected chi connectivity index (χ1v) is 10.7. The molecule has 27 heavy (non-hydrogen) atoms. The second-order valence-corrected chi connectivity index (χ2v) is 7.65. The van der Waals surface area contributed by atoms with Crippen molar-refractivity contribution in [2.75, 3.05) is 0 Å². The molecule has 1 aromatic carbocycles. The number of carbonyl (C=O) groups excluding carboxylic acids is 1. The molecule has 0 aliphatic heterocycles. The number of hydrogen-bond donors (Lipinski definition) is 1. The molecule has 1 rings (SSSR count). The minimum absolute atomic E-state index is 0. The second-order valence-electron chi connectivity index (χ2n) is 6.26. The van der Waals surface area contributed by atoms with Crippen molar-refractivity contribution >= 4 is 39.3 Å². The van der Waals surface area contributed by atoms with Crippen LogP contribution in [-0.4, -0.2) is 42.2 Å². The van der Waals surface area contributed by atoms with Crippen molar-refractivity contribution in [1.82, 2.24) is 0 Å². The van der Waals surface area contributed by atoms with E-state index in [-0.39, 0.29) is 27.9 Å². The molecule has 0 saturated heterocycles. The third kappa shape index (κ3) is 17.0. The van der Waals surface area contributed by atoms with Crippen molar-refractivity contribution in [2.24, 2.45) is 0 Å². The summed E-state index contributed by atoms with van der Waals surface area (Å²) in [5.74, 6) is 0. The number of benzene rings is 1. The molecular weight excluding hydrogens is 381 g/mol. The molecule has 8 heteroatoms. The van der Waals surface area contributed by atoms with E-state index in [1.165, 1.54) is 57.4 Å². The van der Waals surface area contributed by atoms with Gasteiger partial charge in [-0.25, -0.2) is 0 Å².